The number of hydrogen-bond donors (Lipinski definition) is 1. The molecule has 0 bridgehead atoms. The first kappa shape index (κ1) is 19.6. The number of rotatable bonds is 5. The first-order valence-electron chi connectivity index (χ1n) is 7.23. The molecule has 0 aromatic heterocycles. The van der Waals surface area contributed by atoms with Gasteiger partial charge in [0, 0.05) is 5.02 Å². The van der Waals surface area contributed by atoms with Crippen molar-refractivity contribution in [2.24, 2.45) is 0 Å². The number of hydrogen-bond acceptors (Lipinski definition) is 4. The van der Waals surface area contributed by atoms with Crippen molar-refractivity contribution in [2.75, 3.05) is 12.4 Å². The lowest BCUT2D eigenvalue weighted by atomic mass is 10.2. The van der Waals surface area contributed by atoms with Gasteiger partial charge in [0.25, 0.3) is 5.91 Å². The molecule has 0 saturated heterocycles. The summed E-state index contributed by atoms with van der Waals surface area (Å²) in [6, 6.07) is 5.74. The van der Waals surface area contributed by atoms with Gasteiger partial charge < -0.3 is 14.8 Å². The van der Waals surface area contributed by atoms with Gasteiger partial charge in [0.2, 0.25) is 0 Å². The number of amides is 1. The minimum Gasteiger partial charge on any atom is -0.496 e. The molecule has 1 N–H and O–H groups in total. The van der Waals surface area contributed by atoms with Crippen LogP contribution < -0.4 is 10.1 Å². The molecule has 0 aliphatic carbocycles. The third-order valence-electron chi connectivity index (χ3n) is 3.33. The number of carbonyl (C=O) groups is 2. The number of ether oxygens (including phenoxy) is 2. The molecule has 26 heavy (non-hydrogen) atoms. The van der Waals surface area contributed by atoms with Gasteiger partial charge in [0.1, 0.15) is 11.3 Å². The van der Waals surface area contributed by atoms with Crippen molar-refractivity contribution in [2.45, 2.75) is 13.0 Å². The molecule has 0 saturated carbocycles. The van der Waals surface area contributed by atoms with Gasteiger partial charge in [-0.3, -0.25) is 4.79 Å². The van der Waals surface area contributed by atoms with Crippen LogP contribution in [-0.2, 0) is 9.53 Å². The van der Waals surface area contributed by atoms with Crippen molar-refractivity contribution in [1.82, 2.24) is 0 Å². The molecule has 1 atom stereocenters. The third kappa shape index (κ3) is 4.26. The Morgan fingerprint density at radius 1 is 1.12 bits per heavy atom. The van der Waals surface area contributed by atoms with Crippen molar-refractivity contribution in [3.8, 4) is 5.75 Å². The van der Waals surface area contributed by atoms with E-state index in [2.05, 4.69) is 0 Å². The highest BCUT2D eigenvalue weighted by atomic mass is 35.5. The first-order valence-corrected chi connectivity index (χ1v) is 7.61. The zero-order chi connectivity index (χ0) is 19.4. The fourth-order valence-corrected chi connectivity index (χ4v) is 2.15. The van der Waals surface area contributed by atoms with Gasteiger partial charge in [-0.1, -0.05) is 11.6 Å². The Morgan fingerprint density at radius 3 is 2.46 bits per heavy atom. The maximum atomic E-state index is 13.6. The lowest BCUT2D eigenvalue weighted by molar-refractivity contribution is -0.123. The summed E-state index contributed by atoms with van der Waals surface area (Å²) < 4.78 is 49.7. The highest BCUT2D eigenvalue weighted by Crippen LogP contribution is 2.24. The zero-order valence-electron chi connectivity index (χ0n) is 13.6. The average Bonchev–Trinajstić information content (AvgIpc) is 2.61. The summed E-state index contributed by atoms with van der Waals surface area (Å²) >= 11 is 5.82. The Balaban J connectivity index is 2.11. The number of methoxy groups -OCH3 is 1. The molecule has 0 heterocycles. The molecule has 138 valence electrons. The normalized spacial score (nSPS) is 11.6. The highest BCUT2D eigenvalue weighted by molar-refractivity contribution is 6.31. The van der Waals surface area contributed by atoms with E-state index in [1.54, 1.807) is 0 Å². The Morgan fingerprint density at radius 2 is 1.81 bits per heavy atom. The van der Waals surface area contributed by atoms with E-state index in [9.17, 15) is 22.8 Å². The van der Waals surface area contributed by atoms with Crippen LogP contribution in [0.2, 0.25) is 5.02 Å². The third-order valence-corrected chi connectivity index (χ3v) is 3.56. The summed E-state index contributed by atoms with van der Waals surface area (Å²) in [5.74, 6) is -6.35. The molecule has 0 fully saturated rings. The van der Waals surface area contributed by atoms with E-state index in [1.165, 1.54) is 32.2 Å². The van der Waals surface area contributed by atoms with Crippen LogP contribution in [0.5, 0.6) is 5.75 Å². The molecule has 0 spiro atoms. The lowest BCUT2D eigenvalue weighted by Gasteiger charge is -2.15. The van der Waals surface area contributed by atoms with E-state index in [-0.39, 0.29) is 16.3 Å². The number of carbonyl (C=O) groups excluding carboxylic acids is 2. The van der Waals surface area contributed by atoms with Crippen LogP contribution in [0.15, 0.2) is 30.3 Å². The van der Waals surface area contributed by atoms with E-state index in [0.717, 1.165) is 6.07 Å². The molecule has 0 radical (unpaired) electrons. The summed E-state index contributed by atoms with van der Waals surface area (Å²) in [5.41, 5.74) is -0.601. The molecule has 0 aliphatic heterocycles. The SMILES string of the molecule is COc1ccc(Cl)cc1C(=O)OC(C)C(=O)Nc1ccc(F)c(F)c1F. The summed E-state index contributed by atoms with van der Waals surface area (Å²) in [6.45, 7) is 1.22. The standard InChI is InChI=1S/C17H13ClF3NO4/c1-8(16(23)22-12-5-4-11(19)14(20)15(12)21)26-17(24)10-7-9(18)3-6-13(10)25-2/h3-8H,1-2H3,(H,22,23). The Labute approximate surface area is 151 Å². The first-order chi connectivity index (χ1) is 12.2. The number of halogens is 4. The van der Waals surface area contributed by atoms with Crippen LogP contribution in [-0.4, -0.2) is 25.1 Å². The lowest BCUT2D eigenvalue weighted by Crippen LogP contribution is -2.30. The summed E-state index contributed by atoms with van der Waals surface area (Å²) in [6.07, 6.45) is -1.36. The van der Waals surface area contributed by atoms with Crippen molar-refractivity contribution >= 4 is 29.2 Å². The monoisotopic (exact) mass is 387 g/mol. The minimum atomic E-state index is -1.73. The van der Waals surface area contributed by atoms with Crippen LogP contribution in [0, 0.1) is 17.5 Å². The molecule has 2 aromatic rings. The Bertz CT molecular complexity index is 860. The van der Waals surface area contributed by atoms with Crippen molar-refractivity contribution in [3.63, 3.8) is 0 Å². The van der Waals surface area contributed by atoms with Gasteiger partial charge in [-0.2, -0.15) is 0 Å². The highest BCUT2D eigenvalue weighted by Gasteiger charge is 2.23. The number of nitrogens with one attached hydrogen (secondary N) is 1. The number of anilines is 1. The van der Waals surface area contributed by atoms with Crippen LogP contribution in [0.3, 0.4) is 0 Å². The van der Waals surface area contributed by atoms with Crippen LogP contribution in [0.1, 0.15) is 17.3 Å². The van der Waals surface area contributed by atoms with Crippen molar-refractivity contribution < 1.29 is 32.2 Å². The summed E-state index contributed by atoms with van der Waals surface area (Å²) in [4.78, 5) is 24.2. The van der Waals surface area contributed by atoms with E-state index in [0.29, 0.717) is 6.07 Å². The Hall–Kier alpha value is -2.74. The minimum absolute atomic E-state index is 0.0151. The van der Waals surface area contributed by atoms with Gasteiger partial charge >= 0.3 is 5.97 Å². The summed E-state index contributed by atoms with van der Waals surface area (Å²) in [5, 5.41) is 2.27. The van der Waals surface area contributed by atoms with E-state index < -0.39 is 41.1 Å². The molecule has 1 unspecified atom stereocenters. The smallest absolute Gasteiger partial charge is 0.342 e. The average molecular weight is 388 g/mol. The summed E-state index contributed by atoms with van der Waals surface area (Å²) in [7, 11) is 1.34. The fourth-order valence-electron chi connectivity index (χ4n) is 1.97. The van der Waals surface area contributed by atoms with Crippen LogP contribution >= 0.6 is 11.6 Å². The van der Waals surface area contributed by atoms with Gasteiger partial charge in [0.15, 0.2) is 23.6 Å². The fraction of sp³-hybridized carbons (Fsp3) is 0.176. The van der Waals surface area contributed by atoms with E-state index in [4.69, 9.17) is 21.1 Å². The van der Waals surface area contributed by atoms with Crippen molar-refractivity contribution in [3.05, 3.63) is 58.4 Å². The number of benzene rings is 2. The predicted molar refractivity (Wildman–Crippen MR) is 87.8 cm³/mol. The Kier molecular flexibility index (Phi) is 6.10. The molecular weight excluding hydrogens is 375 g/mol. The van der Waals surface area contributed by atoms with Crippen LogP contribution in [0.4, 0.5) is 18.9 Å². The van der Waals surface area contributed by atoms with E-state index in [1.807, 2.05) is 5.32 Å². The maximum absolute atomic E-state index is 13.6. The molecule has 0 aliphatic rings. The quantitative estimate of drug-likeness (QED) is 0.623. The van der Waals surface area contributed by atoms with Gasteiger partial charge in [-0.05, 0) is 37.3 Å². The van der Waals surface area contributed by atoms with E-state index >= 15 is 0 Å². The van der Waals surface area contributed by atoms with Gasteiger partial charge in [-0.25, -0.2) is 18.0 Å². The molecule has 2 rings (SSSR count). The predicted octanol–water partition coefficient (Wildman–Crippen LogP) is 3.95. The second-order valence-electron chi connectivity index (χ2n) is 5.10. The molecule has 2 aromatic carbocycles. The largest absolute Gasteiger partial charge is 0.496 e. The maximum Gasteiger partial charge on any atom is 0.342 e. The second-order valence-corrected chi connectivity index (χ2v) is 5.54. The van der Waals surface area contributed by atoms with Crippen molar-refractivity contribution in [1.29, 1.82) is 0 Å². The number of esters is 1. The molecule has 1 amide bonds. The second kappa shape index (κ2) is 8.09. The molecule has 9 heteroatoms. The molecular formula is C17H13ClF3NO4. The van der Waals surface area contributed by atoms with Crippen LogP contribution in [0.25, 0.3) is 0 Å². The topological polar surface area (TPSA) is 64.6 Å². The molecule has 5 nitrogen and oxygen atoms in total. The van der Waals surface area contributed by atoms with Gasteiger partial charge in [0.05, 0.1) is 12.8 Å². The van der Waals surface area contributed by atoms with Gasteiger partial charge in [-0.15, -0.1) is 0 Å². The zero-order valence-corrected chi connectivity index (χ0v) is 14.4.